The quantitative estimate of drug-likeness (QED) is 0.552. The molecule has 0 atom stereocenters. The van der Waals surface area contributed by atoms with Gasteiger partial charge in [-0.25, -0.2) is 0 Å². The van der Waals surface area contributed by atoms with E-state index >= 15 is 0 Å². The lowest BCUT2D eigenvalue weighted by Gasteiger charge is -2.26. The van der Waals surface area contributed by atoms with Crippen LogP contribution in [0.4, 0.5) is 17.6 Å². The summed E-state index contributed by atoms with van der Waals surface area (Å²) >= 11 is 0. The van der Waals surface area contributed by atoms with Gasteiger partial charge >= 0.3 is 5.95 Å². The van der Waals surface area contributed by atoms with Gasteiger partial charge in [0.15, 0.2) is 5.82 Å². The molecule has 0 aliphatic carbocycles. The van der Waals surface area contributed by atoms with Crippen LogP contribution in [0.3, 0.4) is 0 Å². The molecule has 0 radical (unpaired) electrons. The predicted molar refractivity (Wildman–Crippen MR) is 70.9 cm³/mol. The van der Waals surface area contributed by atoms with E-state index in [0.29, 0.717) is 11.8 Å². The van der Waals surface area contributed by atoms with Crippen molar-refractivity contribution in [1.29, 1.82) is 0 Å². The Morgan fingerprint density at radius 3 is 2.67 bits per heavy atom. The first-order chi connectivity index (χ1) is 8.58. The third-order valence-corrected chi connectivity index (χ3v) is 3.04. The number of nitrogens with one attached hydrogen (secondary N) is 1. The third-order valence-electron chi connectivity index (χ3n) is 3.04. The largest absolute Gasteiger partial charge is 0.386 e. The highest BCUT2D eigenvalue weighted by molar-refractivity contribution is 5.47. The van der Waals surface area contributed by atoms with Crippen LogP contribution in [-0.4, -0.2) is 29.3 Å². The second kappa shape index (κ2) is 5.29. The van der Waals surface area contributed by atoms with Gasteiger partial charge in [0.2, 0.25) is 5.82 Å². The zero-order valence-electron chi connectivity index (χ0n) is 11.1. The van der Waals surface area contributed by atoms with Crippen LogP contribution in [0.2, 0.25) is 0 Å². The molecule has 18 heavy (non-hydrogen) atoms. The highest BCUT2D eigenvalue weighted by atomic mass is 16.5. The molecule has 1 aliphatic rings. The van der Waals surface area contributed by atoms with E-state index in [1.54, 1.807) is 6.07 Å². The maximum absolute atomic E-state index is 9.82. The number of hydrogen-bond acceptors (Lipinski definition) is 5. The van der Waals surface area contributed by atoms with Crippen LogP contribution >= 0.6 is 0 Å². The van der Waals surface area contributed by atoms with Crippen LogP contribution in [0.5, 0.6) is 0 Å². The lowest BCUT2D eigenvalue weighted by Crippen LogP contribution is -2.41. The molecule has 4 N–H and O–H groups in total. The van der Waals surface area contributed by atoms with Crippen LogP contribution in [0, 0.1) is 0 Å². The first-order valence-electron chi connectivity index (χ1n) is 6.51. The summed E-state index contributed by atoms with van der Waals surface area (Å²) in [5, 5.41) is 12.9. The van der Waals surface area contributed by atoms with E-state index in [-0.39, 0.29) is 6.04 Å². The molecule has 0 bridgehead atoms. The minimum absolute atomic E-state index is 0.187. The van der Waals surface area contributed by atoms with Gasteiger partial charge in [0.25, 0.3) is 0 Å². The van der Waals surface area contributed by atoms with Crippen LogP contribution in [0.1, 0.15) is 33.1 Å². The standard InChI is InChI=1S/C12H21N5O/c1-9(2)14-12-15-11(8-10(13)17(12)18)16-6-4-3-5-7-16/h8-9,18H,3-7H2,1-2H3,(H2,13,14,15)/p+1. The Morgan fingerprint density at radius 1 is 1.39 bits per heavy atom. The Balaban J connectivity index is 2.27. The van der Waals surface area contributed by atoms with Crippen molar-refractivity contribution in [3.8, 4) is 0 Å². The van der Waals surface area contributed by atoms with Gasteiger partial charge in [0, 0.05) is 13.1 Å². The van der Waals surface area contributed by atoms with E-state index in [0.717, 1.165) is 23.6 Å². The lowest BCUT2D eigenvalue weighted by molar-refractivity contribution is -0.883. The Morgan fingerprint density at radius 2 is 2.06 bits per heavy atom. The monoisotopic (exact) mass is 252 g/mol. The second-order valence-electron chi connectivity index (χ2n) is 5.02. The summed E-state index contributed by atoms with van der Waals surface area (Å²) in [6.07, 6.45) is 3.64. The van der Waals surface area contributed by atoms with Crippen LogP contribution < -0.4 is 20.7 Å². The van der Waals surface area contributed by atoms with Crippen LogP contribution in [0.15, 0.2) is 6.07 Å². The molecule has 6 nitrogen and oxygen atoms in total. The molecule has 2 heterocycles. The van der Waals surface area contributed by atoms with Gasteiger partial charge in [0.05, 0.1) is 12.1 Å². The molecule has 100 valence electrons. The average molecular weight is 252 g/mol. The van der Waals surface area contributed by atoms with Crippen molar-refractivity contribution in [2.45, 2.75) is 39.2 Å². The van der Waals surface area contributed by atoms with Crippen molar-refractivity contribution in [1.82, 2.24) is 4.98 Å². The van der Waals surface area contributed by atoms with Crippen molar-refractivity contribution in [3.05, 3.63) is 6.07 Å². The Hall–Kier alpha value is -1.72. The summed E-state index contributed by atoms with van der Waals surface area (Å²) in [7, 11) is 0. The van der Waals surface area contributed by atoms with E-state index in [4.69, 9.17) is 5.73 Å². The molecular weight excluding hydrogens is 230 g/mol. The van der Waals surface area contributed by atoms with Gasteiger partial charge in [-0.1, -0.05) is 4.98 Å². The summed E-state index contributed by atoms with van der Waals surface area (Å²) in [4.78, 5) is 6.66. The molecule has 1 aliphatic heterocycles. The van der Waals surface area contributed by atoms with Crippen LogP contribution in [0.25, 0.3) is 0 Å². The summed E-state index contributed by atoms with van der Waals surface area (Å²) in [6, 6.07) is 1.91. The zero-order valence-corrected chi connectivity index (χ0v) is 11.1. The second-order valence-corrected chi connectivity index (χ2v) is 5.02. The molecule has 0 unspecified atom stereocenters. The van der Waals surface area contributed by atoms with E-state index in [1.165, 1.54) is 19.3 Å². The SMILES string of the molecule is CC(C)Nc1nc(N2CCCCC2)cc(N)[n+]1O. The van der Waals surface area contributed by atoms with Gasteiger partial charge < -0.3 is 15.8 Å². The van der Waals surface area contributed by atoms with Crippen molar-refractivity contribution in [2.24, 2.45) is 0 Å². The van der Waals surface area contributed by atoms with Crippen molar-refractivity contribution in [2.75, 3.05) is 29.0 Å². The number of nitrogens with zero attached hydrogens (tertiary/aromatic N) is 3. The highest BCUT2D eigenvalue weighted by Gasteiger charge is 2.21. The topological polar surface area (TPSA) is 78.3 Å². The molecule has 1 aromatic heterocycles. The average Bonchev–Trinajstić information content (AvgIpc) is 2.35. The van der Waals surface area contributed by atoms with Crippen molar-refractivity contribution in [3.63, 3.8) is 0 Å². The molecule has 1 aromatic rings. The Labute approximate surface area is 107 Å². The molecule has 1 fully saturated rings. The number of nitrogen functional groups attached to an aromatic ring is 1. The maximum Gasteiger partial charge on any atom is 0.386 e. The summed E-state index contributed by atoms with van der Waals surface area (Å²) in [5.41, 5.74) is 5.81. The third kappa shape index (κ3) is 2.75. The lowest BCUT2D eigenvalue weighted by atomic mass is 10.1. The number of rotatable bonds is 3. The first-order valence-corrected chi connectivity index (χ1v) is 6.51. The number of nitrogens with two attached hydrogens (primary N) is 1. The molecular formula is C12H22N5O+. The molecule has 2 rings (SSSR count). The smallest absolute Gasteiger partial charge is 0.382 e. The number of piperidine rings is 1. The fraction of sp³-hybridized carbons (Fsp3) is 0.667. The minimum Gasteiger partial charge on any atom is -0.382 e. The number of aromatic nitrogens is 2. The van der Waals surface area contributed by atoms with Gasteiger partial charge in [-0.05, 0) is 37.8 Å². The Bertz CT molecular complexity index is 415. The fourth-order valence-corrected chi connectivity index (χ4v) is 2.14. The van der Waals surface area contributed by atoms with Crippen molar-refractivity contribution < 1.29 is 9.94 Å². The fourth-order valence-electron chi connectivity index (χ4n) is 2.14. The van der Waals surface area contributed by atoms with Crippen LogP contribution in [-0.2, 0) is 0 Å². The van der Waals surface area contributed by atoms with Gasteiger partial charge in [0.1, 0.15) is 0 Å². The summed E-state index contributed by atoms with van der Waals surface area (Å²) in [5.74, 6) is 1.53. The summed E-state index contributed by atoms with van der Waals surface area (Å²) in [6.45, 7) is 5.99. The van der Waals surface area contributed by atoms with E-state index in [9.17, 15) is 5.21 Å². The van der Waals surface area contributed by atoms with E-state index in [1.807, 2.05) is 13.8 Å². The molecule has 0 saturated carbocycles. The maximum atomic E-state index is 9.82. The van der Waals surface area contributed by atoms with E-state index in [2.05, 4.69) is 15.2 Å². The van der Waals surface area contributed by atoms with Gasteiger partial charge in [-0.3, -0.25) is 5.32 Å². The zero-order chi connectivity index (χ0) is 13.1. The first kappa shape index (κ1) is 12.7. The molecule has 1 saturated heterocycles. The van der Waals surface area contributed by atoms with Gasteiger partial charge in [-0.2, -0.15) is 0 Å². The van der Waals surface area contributed by atoms with E-state index < -0.39 is 0 Å². The molecule has 6 heteroatoms. The molecule has 0 spiro atoms. The molecule has 0 aromatic carbocycles. The summed E-state index contributed by atoms with van der Waals surface area (Å²) < 4.78 is 0.896. The minimum atomic E-state index is 0.187. The number of anilines is 3. The van der Waals surface area contributed by atoms with Crippen molar-refractivity contribution >= 4 is 17.6 Å². The highest BCUT2D eigenvalue weighted by Crippen LogP contribution is 2.19. The molecule has 0 amide bonds. The predicted octanol–water partition coefficient (Wildman–Crippen LogP) is 0.999. The van der Waals surface area contributed by atoms with Gasteiger partial charge in [-0.15, -0.1) is 0 Å². The normalized spacial score (nSPS) is 16.1. The number of hydrogen-bond donors (Lipinski definition) is 3. The Kier molecular flexibility index (Phi) is 3.74.